The smallest absolute Gasteiger partial charge is 0.361 e. The molecule has 0 aliphatic carbocycles. The SMILES string of the molecule is CC(=O)OCOP(=O)(COCc1ccccc1)OCOC(C)=O. The van der Waals surface area contributed by atoms with Crippen LogP contribution in [0, 0.1) is 0 Å². The third kappa shape index (κ3) is 9.10. The van der Waals surface area contributed by atoms with Crippen molar-refractivity contribution in [2.24, 2.45) is 0 Å². The molecule has 0 heterocycles. The summed E-state index contributed by atoms with van der Waals surface area (Å²) in [5, 5.41) is 0. The Morgan fingerprint density at radius 3 is 1.96 bits per heavy atom. The zero-order valence-electron chi connectivity index (χ0n) is 12.9. The van der Waals surface area contributed by atoms with Gasteiger partial charge in [-0.15, -0.1) is 0 Å². The predicted molar refractivity (Wildman–Crippen MR) is 79.1 cm³/mol. The Bertz CT molecular complexity index is 521. The molecule has 1 aromatic carbocycles. The number of hydrogen-bond acceptors (Lipinski definition) is 8. The van der Waals surface area contributed by atoms with E-state index in [4.69, 9.17) is 13.8 Å². The number of rotatable bonds is 10. The second-order valence-corrected chi connectivity index (χ2v) is 6.34. The molecule has 8 nitrogen and oxygen atoms in total. The molecule has 0 N–H and O–H groups in total. The highest BCUT2D eigenvalue weighted by atomic mass is 31.2. The zero-order valence-corrected chi connectivity index (χ0v) is 13.8. The third-order valence-corrected chi connectivity index (χ3v) is 3.88. The Hall–Kier alpha value is -1.73. The molecule has 0 amide bonds. The maximum atomic E-state index is 12.4. The van der Waals surface area contributed by atoms with Crippen molar-refractivity contribution >= 4 is 19.5 Å². The zero-order chi connectivity index (χ0) is 17.1. The molecule has 0 aliphatic rings. The van der Waals surface area contributed by atoms with Gasteiger partial charge in [0.25, 0.3) is 0 Å². The number of benzene rings is 1. The van der Waals surface area contributed by atoms with Gasteiger partial charge in [0.2, 0.25) is 13.6 Å². The standard InChI is InChI=1S/C14H19O8P/c1-12(15)19-9-21-23(17,22-10-20-13(2)16)11-18-8-14-6-4-3-5-7-14/h3-7H,8-11H2,1-2H3. The van der Waals surface area contributed by atoms with Crippen LogP contribution in [0.25, 0.3) is 0 Å². The highest BCUT2D eigenvalue weighted by Gasteiger charge is 2.26. The molecule has 0 radical (unpaired) electrons. The summed E-state index contributed by atoms with van der Waals surface area (Å²) in [7, 11) is -3.75. The lowest BCUT2D eigenvalue weighted by atomic mass is 10.2. The van der Waals surface area contributed by atoms with Gasteiger partial charge >= 0.3 is 19.5 Å². The van der Waals surface area contributed by atoms with E-state index >= 15 is 0 Å². The van der Waals surface area contributed by atoms with Crippen molar-refractivity contribution in [3.63, 3.8) is 0 Å². The van der Waals surface area contributed by atoms with Gasteiger partial charge in [0.1, 0.15) is 6.35 Å². The molecule has 0 bridgehead atoms. The first kappa shape index (κ1) is 19.3. The monoisotopic (exact) mass is 346 g/mol. The lowest BCUT2D eigenvalue weighted by Gasteiger charge is -2.18. The van der Waals surface area contributed by atoms with Gasteiger partial charge in [0.05, 0.1) is 6.61 Å². The fourth-order valence-corrected chi connectivity index (χ4v) is 2.31. The summed E-state index contributed by atoms with van der Waals surface area (Å²) in [5.74, 6) is -1.19. The fraction of sp³-hybridized carbons (Fsp3) is 0.429. The lowest BCUT2D eigenvalue weighted by molar-refractivity contribution is -0.149. The first-order valence-electron chi connectivity index (χ1n) is 6.68. The topological polar surface area (TPSA) is 97.4 Å². The Labute approximate surface area is 134 Å². The molecule has 0 fully saturated rings. The summed E-state index contributed by atoms with van der Waals surface area (Å²) >= 11 is 0. The van der Waals surface area contributed by atoms with Crippen LogP contribution < -0.4 is 0 Å². The molecule has 9 heteroatoms. The van der Waals surface area contributed by atoms with Gasteiger partial charge in [-0.3, -0.25) is 23.2 Å². The maximum absolute atomic E-state index is 12.4. The van der Waals surface area contributed by atoms with Crippen molar-refractivity contribution in [2.75, 3.05) is 19.9 Å². The van der Waals surface area contributed by atoms with Crippen LogP contribution in [0.1, 0.15) is 19.4 Å². The molecule has 0 spiro atoms. The van der Waals surface area contributed by atoms with Crippen molar-refractivity contribution in [2.45, 2.75) is 20.5 Å². The summed E-state index contributed by atoms with van der Waals surface area (Å²) in [4.78, 5) is 21.4. The normalized spacial score (nSPS) is 11.0. The van der Waals surface area contributed by atoms with E-state index in [1.807, 2.05) is 30.3 Å². The Morgan fingerprint density at radius 1 is 0.957 bits per heavy atom. The summed E-state index contributed by atoms with van der Waals surface area (Å²) in [6.07, 6.45) is -0.385. The molecule has 0 aromatic heterocycles. The van der Waals surface area contributed by atoms with Gasteiger partial charge in [-0.25, -0.2) is 0 Å². The van der Waals surface area contributed by atoms with Crippen LogP contribution in [0.15, 0.2) is 30.3 Å². The number of ether oxygens (including phenoxy) is 3. The van der Waals surface area contributed by atoms with Crippen molar-refractivity contribution in [1.29, 1.82) is 0 Å². The number of esters is 2. The average molecular weight is 346 g/mol. The highest BCUT2D eigenvalue weighted by Crippen LogP contribution is 2.48. The van der Waals surface area contributed by atoms with E-state index < -0.39 is 33.1 Å². The quantitative estimate of drug-likeness (QED) is 0.362. The second kappa shape index (κ2) is 10.1. The Balaban J connectivity index is 2.49. The first-order valence-corrected chi connectivity index (χ1v) is 8.40. The summed E-state index contributed by atoms with van der Waals surface area (Å²) in [5.41, 5.74) is 0.874. The minimum Gasteiger partial charge on any atom is -0.438 e. The Morgan fingerprint density at radius 2 is 1.48 bits per heavy atom. The predicted octanol–water partition coefficient (Wildman–Crippen LogP) is 2.43. The van der Waals surface area contributed by atoms with Crippen molar-refractivity contribution < 1.29 is 37.4 Å². The minimum atomic E-state index is -3.75. The summed E-state index contributed by atoms with van der Waals surface area (Å²) < 4.78 is 36.7. The van der Waals surface area contributed by atoms with Crippen molar-refractivity contribution in [3.05, 3.63) is 35.9 Å². The van der Waals surface area contributed by atoms with E-state index in [2.05, 4.69) is 9.47 Å². The van der Waals surface area contributed by atoms with E-state index in [0.29, 0.717) is 0 Å². The van der Waals surface area contributed by atoms with Crippen LogP contribution in [0.3, 0.4) is 0 Å². The molecule has 0 saturated heterocycles. The molecular formula is C14H19O8P. The molecule has 0 unspecified atom stereocenters. The van der Waals surface area contributed by atoms with Gasteiger partial charge < -0.3 is 14.2 Å². The summed E-state index contributed by atoms with van der Waals surface area (Å²) in [6, 6.07) is 9.22. The summed E-state index contributed by atoms with van der Waals surface area (Å²) in [6.45, 7) is 1.45. The third-order valence-electron chi connectivity index (χ3n) is 2.38. The van der Waals surface area contributed by atoms with Crippen molar-refractivity contribution in [1.82, 2.24) is 0 Å². The Kier molecular flexibility index (Phi) is 8.50. The van der Waals surface area contributed by atoms with Crippen LogP contribution in [-0.4, -0.2) is 31.9 Å². The molecule has 1 aromatic rings. The van der Waals surface area contributed by atoms with E-state index in [9.17, 15) is 14.2 Å². The molecule has 23 heavy (non-hydrogen) atoms. The number of carbonyl (C=O) groups excluding carboxylic acids is 2. The van der Waals surface area contributed by atoms with Crippen LogP contribution in [0.5, 0.6) is 0 Å². The van der Waals surface area contributed by atoms with Gasteiger partial charge in [-0.05, 0) is 5.56 Å². The molecule has 128 valence electrons. The van der Waals surface area contributed by atoms with Gasteiger partial charge in [-0.1, -0.05) is 30.3 Å². The molecule has 0 aliphatic heterocycles. The minimum absolute atomic E-state index is 0.193. The molecule has 0 atom stereocenters. The van der Waals surface area contributed by atoms with E-state index in [-0.39, 0.29) is 13.0 Å². The van der Waals surface area contributed by atoms with Gasteiger partial charge in [-0.2, -0.15) is 0 Å². The van der Waals surface area contributed by atoms with E-state index in [1.54, 1.807) is 0 Å². The number of hydrogen-bond donors (Lipinski definition) is 0. The van der Waals surface area contributed by atoms with Crippen molar-refractivity contribution in [3.8, 4) is 0 Å². The number of carbonyl (C=O) groups is 2. The van der Waals surface area contributed by atoms with E-state index in [1.165, 1.54) is 13.8 Å². The first-order chi connectivity index (χ1) is 10.9. The van der Waals surface area contributed by atoms with Crippen LogP contribution in [0.4, 0.5) is 0 Å². The van der Waals surface area contributed by atoms with Gasteiger partial charge in [0, 0.05) is 13.8 Å². The lowest BCUT2D eigenvalue weighted by Crippen LogP contribution is -2.11. The van der Waals surface area contributed by atoms with Gasteiger partial charge in [0.15, 0.2) is 0 Å². The van der Waals surface area contributed by atoms with E-state index in [0.717, 1.165) is 5.56 Å². The largest absolute Gasteiger partial charge is 0.438 e. The highest BCUT2D eigenvalue weighted by molar-refractivity contribution is 7.53. The molecule has 0 saturated carbocycles. The van der Waals surface area contributed by atoms with Crippen LogP contribution >= 0.6 is 7.60 Å². The molecule has 1 rings (SSSR count). The molecular weight excluding hydrogens is 327 g/mol. The van der Waals surface area contributed by atoms with Crippen LogP contribution in [0.2, 0.25) is 0 Å². The van der Waals surface area contributed by atoms with Crippen LogP contribution in [-0.2, 0) is 44.0 Å². The maximum Gasteiger partial charge on any atom is 0.361 e. The average Bonchev–Trinajstić information content (AvgIpc) is 2.47. The second-order valence-electron chi connectivity index (χ2n) is 4.34. The fourth-order valence-electron chi connectivity index (χ4n) is 1.34.